The minimum Gasteiger partial charge on any atom is -0.491 e. The number of rotatable bonds is 8. The van der Waals surface area contributed by atoms with Gasteiger partial charge in [0.15, 0.2) is 0 Å². The Hall–Kier alpha value is -3.64. The van der Waals surface area contributed by atoms with Gasteiger partial charge in [0, 0.05) is 24.6 Å². The summed E-state index contributed by atoms with van der Waals surface area (Å²) in [4.78, 5) is 19.8. The van der Waals surface area contributed by atoms with Crippen molar-refractivity contribution in [2.75, 3.05) is 18.1 Å². The van der Waals surface area contributed by atoms with Crippen molar-refractivity contribution in [3.63, 3.8) is 0 Å². The van der Waals surface area contributed by atoms with Gasteiger partial charge in [-0.3, -0.25) is 4.79 Å². The molecule has 36 heavy (non-hydrogen) atoms. The maximum absolute atomic E-state index is 13.0. The van der Waals surface area contributed by atoms with Crippen LogP contribution in [0.1, 0.15) is 41.8 Å². The second-order valence-electron chi connectivity index (χ2n) is 9.73. The highest BCUT2D eigenvalue weighted by Gasteiger charge is 2.35. The number of carbonyl (C=O) groups is 1. The molecule has 2 atom stereocenters. The fourth-order valence-corrected chi connectivity index (χ4v) is 4.95. The molecule has 4 aromatic rings. The molecule has 0 radical (unpaired) electrons. The molecule has 1 N–H and O–H groups in total. The van der Waals surface area contributed by atoms with Crippen molar-refractivity contribution < 1.29 is 14.6 Å². The van der Waals surface area contributed by atoms with E-state index in [1.54, 1.807) is 0 Å². The molecule has 0 saturated carbocycles. The van der Waals surface area contributed by atoms with Crippen molar-refractivity contribution >= 4 is 22.6 Å². The molecule has 0 unspecified atom stereocenters. The van der Waals surface area contributed by atoms with E-state index in [1.807, 2.05) is 73.3 Å². The average molecular weight is 484 g/mol. The first kappa shape index (κ1) is 24.1. The Kier molecular flexibility index (Phi) is 6.79. The van der Waals surface area contributed by atoms with Gasteiger partial charge in [0.05, 0.1) is 17.6 Å². The lowest BCUT2D eigenvalue weighted by Crippen LogP contribution is -2.26. The number of benzene rings is 3. The molecule has 1 amide bonds. The van der Waals surface area contributed by atoms with Crippen molar-refractivity contribution in [1.29, 1.82) is 0 Å². The molecule has 2 heterocycles. The summed E-state index contributed by atoms with van der Waals surface area (Å²) in [6.07, 6.45) is 0.640. The number of fused-ring (bicyclic) bond motifs is 1. The smallest absolute Gasteiger partial charge is 0.227 e. The van der Waals surface area contributed by atoms with Crippen LogP contribution in [0, 0.1) is 13.8 Å². The summed E-state index contributed by atoms with van der Waals surface area (Å²) < 4.78 is 8.03. The summed E-state index contributed by atoms with van der Waals surface area (Å²) in [7, 11) is 0. The van der Waals surface area contributed by atoms with Crippen LogP contribution < -0.4 is 9.64 Å². The molecule has 1 fully saturated rings. The average Bonchev–Trinajstić information content (AvgIpc) is 3.45. The number of para-hydroxylation sites is 2. The van der Waals surface area contributed by atoms with Crippen molar-refractivity contribution in [1.82, 2.24) is 9.55 Å². The minimum absolute atomic E-state index is 0.0529. The summed E-state index contributed by atoms with van der Waals surface area (Å²) in [5.41, 5.74) is 6.15. The van der Waals surface area contributed by atoms with E-state index < -0.39 is 6.10 Å². The number of carbonyl (C=O) groups excluding carboxylic acids is 1. The quantitative estimate of drug-likeness (QED) is 0.375. The number of aromatic nitrogens is 2. The van der Waals surface area contributed by atoms with Gasteiger partial charge in [-0.25, -0.2) is 4.98 Å². The Morgan fingerprint density at radius 1 is 1.08 bits per heavy atom. The van der Waals surface area contributed by atoms with E-state index >= 15 is 0 Å². The summed E-state index contributed by atoms with van der Waals surface area (Å²) in [5.74, 6) is 1.67. The number of ether oxygens (including phenoxy) is 1. The van der Waals surface area contributed by atoms with Crippen LogP contribution >= 0.6 is 0 Å². The van der Waals surface area contributed by atoms with E-state index in [-0.39, 0.29) is 18.4 Å². The van der Waals surface area contributed by atoms with E-state index in [4.69, 9.17) is 9.72 Å². The first-order chi connectivity index (χ1) is 17.4. The van der Waals surface area contributed by atoms with Crippen LogP contribution in [0.4, 0.5) is 5.69 Å². The summed E-state index contributed by atoms with van der Waals surface area (Å²) in [6, 6.07) is 22.2. The normalized spacial score (nSPS) is 16.6. The van der Waals surface area contributed by atoms with Gasteiger partial charge in [0.1, 0.15) is 24.3 Å². The maximum Gasteiger partial charge on any atom is 0.227 e. The fourth-order valence-electron chi connectivity index (χ4n) is 4.95. The Labute approximate surface area is 212 Å². The van der Waals surface area contributed by atoms with Crippen LogP contribution in [0.25, 0.3) is 11.0 Å². The molecule has 0 bridgehead atoms. The van der Waals surface area contributed by atoms with Crippen LogP contribution in [0.3, 0.4) is 0 Å². The van der Waals surface area contributed by atoms with Crippen LogP contribution in [-0.4, -0.2) is 39.8 Å². The lowest BCUT2D eigenvalue weighted by Gasteiger charge is -2.19. The van der Waals surface area contributed by atoms with Gasteiger partial charge in [0.25, 0.3) is 0 Å². The van der Waals surface area contributed by atoms with Gasteiger partial charge in [0.2, 0.25) is 5.91 Å². The zero-order valence-corrected chi connectivity index (χ0v) is 21.1. The predicted octanol–water partition coefficient (Wildman–Crippen LogP) is 5.18. The van der Waals surface area contributed by atoms with Gasteiger partial charge in [-0.1, -0.05) is 43.3 Å². The third-order valence-electron chi connectivity index (χ3n) is 7.00. The molecule has 1 aromatic heterocycles. The standard InChI is InChI=1S/C30H33N3O3/c1-4-22-11-13-24(14-12-22)32-17-23(16-29(32)35)30-31-26-7-5-6-8-27(26)33(30)18-25(34)19-36-28-15-20(2)9-10-21(28)3/h5-15,23,25,34H,4,16-19H2,1-3H3/t23-,25+/m1/s1. The molecular formula is C30H33N3O3. The van der Waals surface area contributed by atoms with Crippen LogP contribution in [-0.2, 0) is 17.8 Å². The number of imidazole rings is 1. The third kappa shape index (κ3) is 4.86. The zero-order valence-electron chi connectivity index (χ0n) is 21.1. The Bertz CT molecular complexity index is 1380. The number of aliphatic hydroxyl groups excluding tert-OH is 1. The highest BCUT2D eigenvalue weighted by atomic mass is 16.5. The summed E-state index contributed by atoms with van der Waals surface area (Å²) >= 11 is 0. The number of amides is 1. The number of anilines is 1. The molecule has 0 aliphatic carbocycles. The minimum atomic E-state index is -0.726. The SMILES string of the molecule is CCc1ccc(N2C[C@H](c3nc4ccccc4n3C[C@H](O)COc3cc(C)ccc3C)CC2=O)cc1. The number of nitrogens with zero attached hydrogens (tertiary/aromatic N) is 3. The van der Waals surface area contributed by atoms with Crippen LogP contribution in [0.15, 0.2) is 66.7 Å². The highest BCUT2D eigenvalue weighted by molar-refractivity contribution is 5.96. The van der Waals surface area contributed by atoms with E-state index in [0.29, 0.717) is 19.5 Å². The topological polar surface area (TPSA) is 67.6 Å². The first-order valence-corrected chi connectivity index (χ1v) is 12.7. The van der Waals surface area contributed by atoms with Crippen LogP contribution in [0.2, 0.25) is 0 Å². The highest BCUT2D eigenvalue weighted by Crippen LogP contribution is 2.33. The Morgan fingerprint density at radius 3 is 2.64 bits per heavy atom. The molecule has 1 aliphatic heterocycles. The van der Waals surface area contributed by atoms with Crippen molar-refractivity contribution in [2.24, 2.45) is 0 Å². The van der Waals surface area contributed by atoms with Gasteiger partial charge in [-0.15, -0.1) is 0 Å². The third-order valence-corrected chi connectivity index (χ3v) is 7.00. The molecule has 3 aromatic carbocycles. The summed E-state index contributed by atoms with van der Waals surface area (Å²) in [5, 5.41) is 10.9. The molecule has 1 saturated heterocycles. The van der Waals surface area contributed by atoms with Gasteiger partial charge >= 0.3 is 0 Å². The van der Waals surface area contributed by atoms with Gasteiger partial charge < -0.3 is 19.3 Å². The summed E-state index contributed by atoms with van der Waals surface area (Å²) in [6.45, 7) is 7.24. The van der Waals surface area contributed by atoms with Crippen molar-refractivity contribution in [3.8, 4) is 5.75 Å². The van der Waals surface area contributed by atoms with E-state index in [2.05, 4.69) is 23.6 Å². The monoisotopic (exact) mass is 483 g/mol. The van der Waals surface area contributed by atoms with E-state index in [0.717, 1.165) is 45.8 Å². The number of aryl methyl sites for hydroxylation is 3. The number of hydrogen-bond acceptors (Lipinski definition) is 4. The molecule has 0 spiro atoms. The number of aliphatic hydroxyl groups is 1. The zero-order chi connectivity index (χ0) is 25.2. The second-order valence-corrected chi connectivity index (χ2v) is 9.73. The molecular weight excluding hydrogens is 450 g/mol. The van der Waals surface area contributed by atoms with Crippen molar-refractivity contribution in [3.05, 3.63) is 89.2 Å². The predicted molar refractivity (Wildman–Crippen MR) is 143 cm³/mol. The molecule has 6 heteroatoms. The molecule has 5 rings (SSSR count). The first-order valence-electron chi connectivity index (χ1n) is 12.7. The van der Waals surface area contributed by atoms with E-state index in [1.165, 1.54) is 5.56 Å². The lowest BCUT2D eigenvalue weighted by atomic mass is 10.1. The van der Waals surface area contributed by atoms with Crippen molar-refractivity contribution in [2.45, 2.75) is 52.2 Å². The lowest BCUT2D eigenvalue weighted by molar-refractivity contribution is -0.117. The fraction of sp³-hybridized carbons (Fsp3) is 0.333. The Balaban J connectivity index is 1.37. The van der Waals surface area contributed by atoms with E-state index in [9.17, 15) is 9.90 Å². The maximum atomic E-state index is 13.0. The molecule has 186 valence electrons. The van der Waals surface area contributed by atoms with Crippen LogP contribution in [0.5, 0.6) is 5.75 Å². The second kappa shape index (κ2) is 10.2. The number of hydrogen-bond donors (Lipinski definition) is 1. The van der Waals surface area contributed by atoms with Gasteiger partial charge in [-0.05, 0) is 67.3 Å². The molecule has 1 aliphatic rings. The Morgan fingerprint density at radius 2 is 1.86 bits per heavy atom. The molecule has 6 nitrogen and oxygen atoms in total. The van der Waals surface area contributed by atoms with Gasteiger partial charge in [-0.2, -0.15) is 0 Å². The largest absolute Gasteiger partial charge is 0.491 e.